The predicted molar refractivity (Wildman–Crippen MR) is 92.7 cm³/mol. The van der Waals surface area contributed by atoms with Crippen LogP contribution in [0.3, 0.4) is 0 Å². The highest BCUT2D eigenvalue weighted by Crippen LogP contribution is 2.13. The minimum atomic E-state index is -0.194. The summed E-state index contributed by atoms with van der Waals surface area (Å²) in [4.78, 5) is 28.9. The van der Waals surface area contributed by atoms with Gasteiger partial charge in [-0.15, -0.1) is 0 Å². The second kappa shape index (κ2) is 6.70. The van der Waals surface area contributed by atoms with Gasteiger partial charge in [0.25, 0.3) is 0 Å². The molecule has 24 heavy (non-hydrogen) atoms. The third-order valence-electron chi connectivity index (χ3n) is 4.13. The van der Waals surface area contributed by atoms with E-state index in [1.807, 2.05) is 50.2 Å². The molecule has 0 radical (unpaired) electrons. The molecule has 0 aliphatic rings. The number of hydrogen-bond donors (Lipinski definition) is 1. The standard InChI is InChI=1S/C18H20N4O2/c1-3-21-15-6-4-5-7-16(15)22(18(21)24)12-17(23)20-13(2)14-8-10-19-11-9-14/h4-11,13H,3,12H2,1-2H3,(H,20,23)/t13-/m1/s1. The molecular weight excluding hydrogens is 304 g/mol. The number of nitrogens with one attached hydrogen (secondary N) is 1. The van der Waals surface area contributed by atoms with Gasteiger partial charge in [0.05, 0.1) is 17.1 Å². The molecule has 0 saturated heterocycles. The summed E-state index contributed by atoms with van der Waals surface area (Å²) in [5.41, 5.74) is 2.43. The highest BCUT2D eigenvalue weighted by atomic mass is 16.2. The molecule has 1 aromatic carbocycles. The van der Waals surface area contributed by atoms with Crippen LogP contribution in [0.4, 0.5) is 0 Å². The Bertz CT molecular complexity index is 912. The molecule has 0 bridgehead atoms. The Morgan fingerprint density at radius 2 is 1.75 bits per heavy atom. The second-order valence-corrected chi connectivity index (χ2v) is 5.67. The number of amides is 1. The van der Waals surface area contributed by atoms with Crippen LogP contribution in [0, 0.1) is 0 Å². The van der Waals surface area contributed by atoms with E-state index in [-0.39, 0.29) is 24.2 Å². The molecular formula is C18H20N4O2. The molecule has 6 heteroatoms. The zero-order valence-corrected chi connectivity index (χ0v) is 13.8. The lowest BCUT2D eigenvalue weighted by Crippen LogP contribution is -2.34. The van der Waals surface area contributed by atoms with Crippen LogP contribution in [-0.2, 0) is 17.9 Å². The Morgan fingerprint density at radius 1 is 1.12 bits per heavy atom. The maximum absolute atomic E-state index is 12.5. The zero-order valence-electron chi connectivity index (χ0n) is 13.8. The van der Waals surface area contributed by atoms with Gasteiger partial charge in [-0.05, 0) is 43.7 Å². The quantitative estimate of drug-likeness (QED) is 0.781. The van der Waals surface area contributed by atoms with E-state index in [9.17, 15) is 9.59 Å². The lowest BCUT2D eigenvalue weighted by Gasteiger charge is -2.14. The SMILES string of the molecule is CCn1c(=O)n(CC(=O)N[C@H](C)c2ccncc2)c2ccccc21. The fourth-order valence-corrected chi connectivity index (χ4v) is 2.90. The predicted octanol–water partition coefficient (Wildman–Crippen LogP) is 2.10. The lowest BCUT2D eigenvalue weighted by molar-refractivity contribution is -0.122. The van der Waals surface area contributed by atoms with Gasteiger partial charge in [0.15, 0.2) is 0 Å². The molecule has 0 aliphatic heterocycles. The monoisotopic (exact) mass is 324 g/mol. The van der Waals surface area contributed by atoms with Gasteiger partial charge >= 0.3 is 5.69 Å². The summed E-state index contributed by atoms with van der Waals surface area (Å²) >= 11 is 0. The summed E-state index contributed by atoms with van der Waals surface area (Å²) in [5.74, 6) is -0.194. The highest BCUT2D eigenvalue weighted by molar-refractivity contribution is 5.81. The number of pyridine rings is 1. The Balaban J connectivity index is 1.84. The van der Waals surface area contributed by atoms with E-state index in [4.69, 9.17) is 0 Å². The van der Waals surface area contributed by atoms with E-state index < -0.39 is 0 Å². The fraction of sp³-hybridized carbons (Fsp3) is 0.278. The van der Waals surface area contributed by atoms with Crippen LogP contribution >= 0.6 is 0 Å². The Hall–Kier alpha value is -2.89. The van der Waals surface area contributed by atoms with Crippen LogP contribution in [0.1, 0.15) is 25.5 Å². The van der Waals surface area contributed by atoms with Gasteiger partial charge in [0.2, 0.25) is 5.91 Å². The molecule has 0 unspecified atom stereocenters. The van der Waals surface area contributed by atoms with Gasteiger partial charge in [-0.3, -0.25) is 18.9 Å². The second-order valence-electron chi connectivity index (χ2n) is 5.67. The smallest absolute Gasteiger partial charge is 0.329 e. The molecule has 6 nitrogen and oxygen atoms in total. The number of fused-ring (bicyclic) bond motifs is 1. The topological polar surface area (TPSA) is 68.9 Å². The minimum Gasteiger partial charge on any atom is -0.348 e. The summed E-state index contributed by atoms with van der Waals surface area (Å²) in [6.45, 7) is 4.40. The molecule has 0 aliphatic carbocycles. The van der Waals surface area contributed by atoms with E-state index >= 15 is 0 Å². The fourth-order valence-electron chi connectivity index (χ4n) is 2.90. The van der Waals surface area contributed by atoms with Crippen molar-refractivity contribution in [2.24, 2.45) is 0 Å². The van der Waals surface area contributed by atoms with Gasteiger partial charge in [-0.25, -0.2) is 4.79 Å². The lowest BCUT2D eigenvalue weighted by atomic mass is 10.1. The Labute approximate surface area is 139 Å². The molecule has 0 spiro atoms. The summed E-state index contributed by atoms with van der Waals surface area (Å²) < 4.78 is 3.20. The minimum absolute atomic E-state index is 0.00176. The molecule has 1 atom stereocenters. The van der Waals surface area contributed by atoms with Crippen molar-refractivity contribution in [1.29, 1.82) is 0 Å². The van der Waals surface area contributed by atoms with Gasteiger partial charge in [-0.1, -0.05) is 12.1 Å². The summed E-state index contributed by atoms with van der Waals surface area (Å²) in [7, 11) is 0. The maximum Gasteiger partial charge on any atom is 0.329 e. The van der Waals surface area contributed by atoms with Crippen molar-refractivity contribution in [2.75, 3.05) is 0 Å². The van der Waals surface area contributed by atoms with Crippen LogP contribution in [0.5, 0.6) is 0 Å². The van der Waals surface area contributed by atoms with Crippen molar-refractivity contribution >= 4 is 16.9 Å². The summed E-state index contributed by atoms with van der Waals surface area (Å²) in [6, 6.07) is 11.1. The number of nitrogens with zero attached hydrogens (tertiary/aromatic N) is 3. The molecule has 1 N–H and O–H groups in total. The number of aromatic nitrogens is 3. The number of carbonyl (C=O) groups is 1. The van der Waals surface area contributed by atoms with Crippen LogP contribution in [0.2, 0.25) is 0 Å². The molecule has 2 heterocycles. The van der Waals surface area contributed by atoms with Gasteiger partial charge in [0.1, 0.15) is 6.54 Å². The van der Waals surface area contributed by atoms with E-state index in [1.54, 1.807) is 17.0 Å². The molecule has 0 saturated carbocycles. The van der Waals surface area contributed by atoms with Crippen molar-refractivity contribution in [3.8, 4) is 0 Å². The summed E-state index contributed by atoms with van der Waals surface area (Å²) in [5, 5.41) is 2.93. The van der Waals surface area contributed by atoms with Gasteiger partial charge in [-0.2, -0.15) is 0 Å². The van der Waals surface area contributed by atoms with Crippen LogP contribution in [-0.4, -0.2) is 20.0 Å². The zero-order chi connectivity index (χ0) is 17.1. The van der Waals surface area contributed by atoms with Crippen molar-refractivity contribution < 1.29 is 4.79 Å². The molecule has 2 aromatic heterocycles. The number of carbonyl (C=O) groups excluding carboxylic acids is 1. The number of aryl methyl sites for hydroxylation is 1. The van der Waals surface area contributed by atoms with E-state index in [0.717, 1.165) is 16.6 Å². The molecule has 3 aromatic rings. The number of rotatable bonds is 5. The first-order valence-corrected chi connectivity index (χ1v) is 7.99. The van der Waals surface area contributed by atoms with Crippen molar-refractivity contribution in [1.82, 2.24) is 19.4 Å². The highest BCUT2D eigenvalue weighted by Gasteiger charge is 2.16. The average molecular weight is 324 g/mol. The van der Waals surface area contributed by atoms with Crippen LogP contribution in [0.15, 0.2) is 53.6 Å². The molecule has 0 fully saturated rings. The normalized spacial score (nSPS) is 12.2. The van der Waals surface area contributed by atoms with Gasteiger partial charge in [0, 0.05) is 18.9 Å². The van der Waals surface area contributed by atoms with E-state index in [0.29, 0.717) is 6.54 Å². The molecule has 124 valence electrons. The molecule has 3 rings (SSSR count). The van der Waals surface area contributed by atoms with Crippen LogP contribution in [0.25, 0.3) is 11.0 Å². The number of hydrogen-bond acceptors (Lipinski definition) is 3. The van der Waals surface area contributed by atoms with E-state index in [1.165, 1.54) is 4.57 Å². The van der Waals surface area contributed by atoms with Crippen molar-refractivity contribution in [3.05, 3.63) is 64.8 Å². The van der Waals surface area contributed by atoms with Gasteiger partial charge < -0.3 is 5.32 Å². The first kappa shape index (κ1) is 16.0. The number of imidazole rings is 1. The number of benzene rings is 1. The average Bonchev–Trinajstić information content (AvgIpc) is 2.87. The summed E-state index contributed by atoms with van der Waals surface area (Å²) in [6.07, 6.45) is 3.38. The number of para-hydroxylation sites is 2. The Kier molecular flexibility index (Phi) is 4.46. The first-order valence-electron chi connectivity index (χ1n) is 7.99. The third kappa shape index (κ3) is 2.95. The first-order chi connectivity index (χ1) is 11.6. The van der Waals surface area contributed by atoms with E-state index in [2.05, 4.69) is 10.3 Å². The van der Waals surface area contributed by atoms with Crippen LogP contribution < -0.4 is 11.0 Å². The molecule has 1 amide bonds. The third-order valence-corrected chi connectivity index (χ3v) is 4.13. The van der Waals surface area contributed by atoms with Crippen molar-refractivity contribution in [3.63, 3.8) is 0 Å². The Morgan fingerprint density at radius 3 is 2.38 bits per heavy atom. The largest absolute Gasteiger partial charge is 0.348 e. The maximum atomic E-state index is 12.5. The van der Waals surface area contributed by atoms with Crippen molar-refractivity contribution in [2.45, 2.75) is 33.0 Å².